The molecule has 5 heteroatoms. The van der Waals surface area contributed by atoms with E-state index in [2.05, 4.69) is 11.6 Å². The second-order valence-corrected chi connectivity index (χ2v) is 6.28. The first-order valence-electron chi connectivity index (χ1n) is 7.97. The first-order valence-corrected chi connectivity index (χ1v) is 8.96. The summed E-state index contributed by atoms with van der Waals surface area (Å²) in [5.74, 6) is 0.112. The fourth-order valence-corrected chi connectivity index (χ4v) is 2.76. The molecule has 0 rings (SSSR count). The van der Waals surface area contributed by atoms with E-state index in [4.69, 9.17) is 0 Å². The molecule has 1 N–H and O–H groups in total. The number of hydrogen-bond donors (Lipinski definition) is 1. The van der Waals surface area contributed by atoms with Gasteiger partial charge in [-0.1, -0.05) is 76.7 Å². The molecule has 0 aliphatic carbocycles. The molecule has 0 aromatic heterocycles. The Labute approximate surface area is 126 Å². The molecule has 0 heterocycles. The van der Waals surface area contributed by atoms with Gasteiger partial charge in [-0.25, -0.2) is 0 Å². The highest BCUT2D eigenvalue weighted by Gasteiger charge is 2.26. The third-order valence-electron chi connectivity index (χ3n) is 3.22. The average molecular weight is 313 g/mol. The third kappa shape index (κ3) is 18.1. The predicted molar refractivity (Wildman–Crippen MR) is 83.0 cm³/mol. The van der Waals surface area contributed by atoms with Gasteiger partial charge in [0.15, 0.2) is 0 Å². The van der Waals surface area contributed by atoms with E-state index in [-0.39, 0.29) is 5.75 Å². The number of alkyl halides is 3. The molecule has 0 spiro atoms. The van der Waals surface area contributed by atoms with Gasteiger partial charge in [-0.15, -0.1) is 0 Å². The quantitative estimate of drug-likeness (QED) is 0.307. The Morgan fingerprint density at radius 1 is 0.800 bits per heavy atom. The second kappa shape index (κ2) is 14.1. The zero-order valence-electron chi connectivity index (χ0n) is 12.7. The van der Waals surface area contributed by atoms with Crippen molar-refractivity contribution in [1.29, 1.82) is 0 Å². The van der Waals surface area contributed by atoms with Crippen molar-refractivity contribution in [3.05, 3.63) is 0 Å². The zero-order chi connectivity index (χ0) is 15.1. The van der Waals surface area contributed by atoms with Gasteiger partial charge >= 0.3 is 6.18 Å². The molecule has 1 nitrogen and oxygen atoms in total. The molecule has 0 aliphatic rings. The SMILES string of the molecule is CCCCCCCCCCCCNSCCC(F)(F)F. The van der Waals surface area contributed by atoms with E-state index in [1.807, 2.05) is 0 Å². The fourth-order valence-electron chi connectivity index (χ4n) is 2.00. The summed E-state index contributed by atoms with van der Waals surface area (Å²) >= 11 is 1.19. The first-order chi connectivity index (χ1) is 9.56. The molecular weight excluding hydrogens is 283 g/mol. The summed E-state index contributed by atoms with van der Waals surface area (Å²) in [5.41, 5.74) is 0. The molecule has 122 valence electrons. The Kier molecular flexibility index (Phi) is 14.1. The Hall–Kier alpha value is 0.100. The van der Waals surface area contributed by atoms with Gasteiger partial charge in [0.25, 0.3) is 0 Å². The number of unbranched alkanes of at least 4 members (excludes halogenated alkanes) is 9. The number of nitrogens with one attached hydrogen (secondary N) is 1. The highest BCUT2D eigenvalue weighted by Crippen LogP contribution is 2.21. The maximum absolute atomic E-state index is 11.9. The van der Waals surface area contributed by atoms with Crippen molar-refractivity contribution in [3.8, 4) is 0 Å². The maximum Gasteiger partial charge on any atom is 0.389 e. The van der Waals surface area contributed by atoms with E-state index >= 15 is 0 Å². The molecule has 0 atom stereocenters. The van der Waals surface area contributed by atoms with Crippen LogP contribution in [0.5, 0.6) is 0 Å². The summed E-state index contributed by atoms with van der Waals surface area (Å²) in [7, 11) is 0. The van der Waals surface area contributed by atoms with E-state index in [9.17, 15) is 13.2 Å². The van der Waals surface area contributed by atoms with Crippen LogP contribution in [0.1, 0.15) is 77.6 Å². The molecule has 0 aromatic carbocycles. The number of hydrogen-bond acceptors (Lipinski definition) is 2. The van der Waals surface area contributed by atoms with E-state index in [0.717, 1.165) is 13.0 Å². The lowest BCUT2D eigenvalue weighted by atomic mass is 10.1. The molecule has 0 radical (unpaired) electrons. The zero-order valence-corrected chi connectivity index (χ0v) is 13.6. The Morgan fingerprint density at radius 3 is 1.80 bits per heavy atom. The van der Waals surface area contributed by atoms with Crippen LogP contribution in [-0.2, 0) is 0 Å². The molecule has 0 saturated heterocycles. The largest absolute Gasteiger partial charge is 0.389 e. The van der Waals surface area contributed by atoms with Crippen LogP contribution >= 0.6 is 11.9 Å². The summed E-state index contributed by atoms with van der Waals surface area (Å²) in [6.07, 6.45) is 8.15. The molecule has 0 saturated carbocycles. The van der Waals surface area contributed by atoms with Gasteiger partial charge in [-0.2, -0.15) is 13.2 Å². The average Bonchev–Trinajstić information content (AvgIpc) is 2.38. The van der Waals surface area contributed by atoms with E-state index in [0.29, 0.717) is 0 Å². The lowest BCUT2D eigenvalue weighted by Gasteiger charge is -2.06. The normalized spacial score (nSPS) is 12.0. The van der Waals surface area contributed by atoms with Crippen molar-refractivity contribution in [2.24, 2.45) is 0 Å². The summed E-state index contributed by atoms with van der Waals surface area (Å²) in [5, 5.41) is 0. The Bertz CT molecular complexity index is 198. The minimum Gasteiger partial charge on any atom is -0.264 e. The second-order valence-electron chi connectivity index (χ2n) is 5.29. The highest BCUT2D eigenvalue weighted by atomic mass is 32.2. The molecule has 0 unspecified atom stereocenters. The first kappa shape index (κ1) is 20.1. The van der Waals surface area contributed by atoms with Gasteiger partial charge in [-0.3, -0.25) is 4.72 Å². The summed E-state index contributed by atoms with van der Waals surface area (Å²) in [6, 6.07) is 0. The van der Waals surface area contributed by atoms with E-state index in [1.54, 1.807) is 0 Å². The van der Waals surface area contributed by atoms with Crippen LogP contribution in [-0.4, -0.2) is 18.5 Å². The number of halogens is 3. The van der Waals surface area contributed by atoms with Crippen LogP contribution in [0.2, 0.25) is 0 Å². The van der Waals surface area contributed by atoms with Crippen LogP contribution in [0.25, 0.3) is 0 Å². The minimum absolute atomic E-state index is 0.112. The van der Waals surface area contributed by atoms with Crippen LogP contribution in [0, 0.1) is 0 Å². The summed E-state index contributed by atoms with van der Waals surface area (Å²) in [6.45, 7) is 3.05. The maximum atomic E-state index is 11.9. The van der Waals surface area contributed by atoms with Crippen LogP contribution in [0.3, 0.4) is 0 Å². The van der Waals surface area contributed by atoms with E-state index in [1.165, 1.54) is 69.7 Å². The van der Waals surface area contributed by atoms with Gasteiger partial charge in [0.1, 0.15) is 0 Å². The molecule has 0 bridgehead atoms. The van der Waals surface area contributed by atoms with Gasteiger partial charge in [0.05, 0.1) is 6.42 Å². The lowest BCUT2D eigenvalue weighted by Crippen LogP contribution is -2.12. The van der Waals surface area contributed by atoms with Crippen LogP contribution < -0.4 is 4.72 Å². The summed E-state index contributed by atoms with van der Waals surface area (Å²) < 4.78 is 38.6. The minimum atomic E-state index is -4.02. The molecule has 20 heavy (non-hydrogen) atoms. The van der Waals surface area contributed by atoms with Crippen molar-refractivity contribution < 1.29 is 13.2 Å². The molecular formula is C15H30F3NS. The van der Waals surface area contributed by atoms with Crippen LogP contribution in [0.4, 0.5) is 13.2 Å². The molecule has 0 fully saturated rings. The highest BCUT2D eigenvalue weighted by molar-refractivity contribution is 7.97. The molecule has 0 aliphatic heterocycles. The summed E-state index contributed by atoms with van der Waals surface area (Å²) in [4.78, 5) is 0. The number of rotatable bonds is 14. The fraction of sp³-hybridized carbons (Fsp3) is 1.00. The third-order valence-corrected chi connectivity index (χ3v) is 4.04. The lowest BCUT2D eigenvalue weighted by molar-refractivity contribution is -0.129. The van der Waals surface area contributed by atoms with Crippen molar-refractivity contribution in [3.63, 3.8) is 0 Å². The predicted octanol–water partition coefficient (Wildman–Crippen LogP) is 6.10. The standard InChI is InChI=1S/C15H30F3NS/c1-2-3-4-5-6-7-8-9-10-11-13-19-20-14-12-15(16,17)18/h19H,2-14H2,1H3. The monoisotopic (exact) mass is 313 g/mol. The van der Waals surface area contributed by atoms with Gasteiger partial charge in [0, 0.05) is 12.3 Å². The van der Waals surface area contributed by atoms with Crippen molar-refractivity contribution >= 4 is 11.9 Å². The van der Waals surface area contributed by atoms with Crippen LogP contribution in [0.15, 0.2) is 0 Å². The van der Waals surface area contributed by atoms with Crippen molar-refractivity contribution in [1.82, 2.24) is 4.72 Å². The van der Waals surface area contributed by atoms with Crippen molar-refractivity contribution in [2.45, 2.75) is 83.7 Å². The Balaban J connectivity index is 2.99. The van der Waals surface area contributed by atoms with Crippen molar-refractivity contribution in [2.75, 3.05) is 12.3 Å². The van der Waals surface area contributed by atoms with Gasteiger partial charge < -0.3 is 0 Å². The smallest absolute Gasteiger partial charge is 0.264 e. The van der Waals surface area contributed by atoms with E-state index < -0.39 is 12.6 Å². The van der Waals surface area contributed by atoms with Gasteiger partial charge in [0.2, 0.25) is 0 Å². The molecule has 0 amide bonds. The van der Waals surface area contributed by atoms with Gasteiger partial charge in [-0.05, 0) is 6.42 Å². The topological polar surface area (TPSA) is 12.0 Å². The molecule has 0 aromatic rings. The Morgan fingerprint density at radius 2 is 1.30 bits per heavy atom.